The summed E-state index contributed by atoms with van der Waals surface area (Å²) in [5.74, 6) is -1.07. The second-order valence-electron chi connectivity index (χ2n) is 7.14. The maximum absolute atomic E-state index is 12.5. The van der Waals surface area contributed by atoms with Crippen molar-refractivity contribution in [3.8, 4) is 0 Å². The van der Waals surface area contributed by atoms with Crippen LogP contribution in [0.4, 0.5) is 0 Å². The Kier molecular flexibility index (Phi) is 4.79. The number of rotatable bonds is 4. The van der Waals surface area contributed by atoms with Crippen molar-refractivity contribution in [1.29, 1.82) is 0 Å². The number of Topliss-reactive ketones (excluding diaryl/α,β-unsaturated/α-hetero) is 1. The van der Waals surface area contributed by atoms with Crippen LogP contribution in [0, 0.1) is 11.8 Å². The maximum atomic E-state index is 12.5. The van der Waals surface area contributed by atoms with Crippen LogP contribution in [-0.2, 0) is 14.4 Å². The molecule has 22 heavy (non-hydrogen) atoms. The van der Waals surface area contributed by atoms with Gasteiger partial charge < -0.3 is 10.6 Å². The normalized spacial score (nSPS) is 29.9. The molecule has 0 aromatic carbocycles. The van der Waals surface area contributed by atoms with Gasteiger partial charge in [0.25, 0.3) is 0 Å². The van der Waals surface area contributed by atoms with Crippen LogP contribution in [0.3, 0.4) is 0 Å². The van der Waals surface area contributed by atoms with E-state index in [1.807, 2.05) is 0 Å². The lowest BCUT2D eigenvalue weighted by molar-refractivity contribution is -0.134. The van der Waals surface area contributed by atoms with Crippen molar-refractivity contribution in [1.82, 2.24) is 10.6 Å². The van der Waals surface area contributed by atoms with E-state index < -0.39 is 11.8 Å². The van der Waals surface area contributed by atoms with Crippen molar-refractivity contribution < 1.29 is 14.4 Å². The Morgan fingerprint density at radius 3 is 1.45 bits per heavy atom. The first-order chi connectivity index (χ1) is 10.6. The van der Waals surface area contributed by atoms with Gasteiger partial charge in [0.15, 0.2) is 0 Å². The summed E-state index contributed by atoms with van der Waals surface area (Å²) in [6.07, 6.45) is 9.14. The summed E-state index contributed by atoms with van der Waals surface area (Å²) >= 11 is 0. The summed E-state index contributed by atoms with van der Waals surface area (Å²) in [6, 6.07) is 0.475. The highest BCUT2D eigenvalue weighted by Gasteiger charge is 2.43. The van der Waals surface area contributed by atoms with Crippen LogP contribution < -0.4 is 10.6 Å². The summed E-state index contributed by atoms with van der Waals surface area (Å²) in [7, 11) is 0. The predicted octanol–water partition coefficient (Wildman–Crippen LogP) is 1.70. The number of amides is 2. The molecule has 0 saturated heterocycles. The summed E-state index contributed by atoms with van der Waals surface area (Å²) in [4.78, 5) is 36.7. The third kappa shape index (κ3) is 3.50. The first-order valence-corrected chi connectivity index (χ1v) is 8.76. The van der Waals surface area contributed by atoms with Crippen molar-refractivity contribution in [3.05, 3.63) is 0 Å². The molecule has 0 aromatic rings. The third-order valence-electron chi connectivity index (χ3n) is 5.46. The average Bonchev–Trinajstić information content (AvgIpc) is 3.19. The molecule has 0 spiro atoms. The minimum absolute atomic E-state index is 0.0399. The lowest BCUT2D eigenvalue weighted by atomic mass is 9.93. The van der Waals surface area contributed by atoms with E-state index in [0.717, 1.165) is 51.4 Å². The molecule has 0 heterocycles. The number of nitrogens with one attached hydrogen (secondary N) is 2. The van der Waals surface area contributed by atoms with E-state index >= 15 is 0 Å². The van der Waals surface area contributed by atoms with Gasteiger partial charge in [-0.25, -0.2) is 0 Å². The second-order valence-corrected chi connectivity index (χ2v) is 7.14. The molecular weight excluding hydrogens is 280 g/mol. The van der Waals surface area contributed by atoms with Crippen LogP contribution in [0.1, 0.15) is 64.2 Å². The Balaban J connectivity index is 1.59. The van der Waals surface area contributed by atoms with Gasteiger partial charge in [-0.15, -0.1) is 0 Å². The summed E-state index contributed by atoms with van der Waals surface area (Å²) in [5, 5.41) is 6.10. The van der Waals surface area contributed by atoms with Crippen molar-refractivity contribution in [2.75, 3.05) is 0 Å². The van der Waals surface area contributed by atoms with Crippen molar-refractivity contribution in [3.63, 3.8) is 0 Å². The van der Waals surface area contributed by atoms with E-state index in [9.17, 15) is 14.4 Å². The summed E-state index contributed by atoms with van der Waals surface area (Å²) < 4.78 is 0. The summed E-state index contributed by atoms with van der Waals surface area (Å²) in [6.45, 7) is 0. The van der Waals surface area contributed by atoms with E-state index in [2.05, 4.69) is 10.6 Å². The standard InChI is InChI=1S/C17H26N2O3/c20-13-9-14(16(21)18-11-5-1-2-6-11)15(10-13)17(22)19-12-7-3-4-8-12/h11-12,14-15H,1-10H2,(H,18,21)(H,19,22)/t14-,15+. The fourth-order valence-corrected chi connectivity index (χ4v) is 4.17. The third-order valence-corrected chi connectivity index (χ3v) is 5.46. The van der Waals surface area contributed by atoms with Crippen LogP contribution in [0.15, 0.2) is 0 Å². The quantitative estimate of drug-likeness (QED) is 0.830. The van der Waals surface area contributed by atoms with E-state index in [1.54, 1.807) is 0 Å². The van der Waals surface area contributed by atoms with Gasteiger partial charge in [-0.3, -0.25) is 14.4 Å². The zero-order chi connectivity index (χ0) is 15.5. The van der Waals surface area contributed by atoms with Crippen LogP contribution in [0.25, 0.3) is 0 Å². The summed E-state index contributed by atoms with van der Waals surface area (Å²) in [5.41, 5.74) is 0. The first kappa shape index (κ1) is 15.5. The number of carbonyl (C=O) groups is 3. The lowest BCUT2D eigenvalue weighted by Crippen LogP contribution is -2.44. The molecule has 0 unspecified atom stereocenters. The molecule has 5 nitrogen and oxygen atoms in total. The highest BCUT2D eigenvalue weighted by molar-refractivity contribution is 5.98. The van der Waals surface area contributed by atoms with E-state index in [0.29, 0.717) is 0 Å². The smallest absolute Gasteiger partial charge is 0.224 e. The van der Waals surface area contributed by atoms with Crippen molar-refractivity contribution >= 4 is 17.6 Å². The Bertz CT molecular complexity index is 411. The molecule has 0 radical (unpaired) electrons. The fraction of sp³-hybridized carbons (Fsp3) is 0.824. The second kappa shape index (κ2) is 6.80. The predicted molar refractivity (Wildman–Crippen MR) is 82.0 cm³/mol. The van der Waals surface area contributed by atoms with Gasteiger partial charge in [-0.1, -0.05) is 25.7 Å². The van der Waals surface area contributed by atoms with Crippen molar-refractivity contribution in [2.24, 2.45) is 11.8 Å². The van der Waals surface area contributed by atoms with Gasteiger partial charge in [0.2, 0.25) is 11.8 Å². The topological polar surface area (TPSA) is 75.3 Å². The fourth-order valence-electron chi connectivity index (χ4n) is 4.17. The van der Waals surface area contributed by atoms with Gasteiger partial charge in [0.05, 0.1) is 11.8 Å². The SMILES string of the molecule is O=C1C[C@H](C(=O)NC2CCCC2)[C@H](C(=O)NC2CCCC2)C1. The van der Waals surface area contributed by atoms with Gasteiger partial charge >= 0.3 is 0 Å². The van der Waals surface area contributed by atoms with Crippen LogP contribution in [-0.4, -0.2) is 29.7 Å². The molecule has 2 amide bonds. The van der Waals surface area contributed by atoms with Gasteiger partial charge in [0, 0.05) is 24.9 Å². The first-order valence-electron chi connectivity index (χ1n) is 8.76. The van der Waals surface area contributed by atoms with Crippen LogP contribution in [0.2, 0.25) is 0 Å². The molecule has 0 aliphatic heterocycles. The van der Waals surface area contributed by atoms with Crippen LogP contribution >= 0.6 is 0 Å². The highest BCUT2D eigenvalue weighted by atomic mass is 16.2. The zero-order valence-electron chi connectivity index (χ0n) is 13.1. The molecule has 0 aromatic heterocycles. The molecule has 3 aliphatic carbocycles. The molecule has 3 rings (SSSR count). The van der Waals surface area contributed by atoms with Gasteiger partial charge in [-0.2, -0.15) is 0 Å². The number of carbonyl (C=O) groups excluding carboxylic acids is 3. The van der Waals surface area contributed by atoms with Crippen molar-refractivity contribution in [2.45, 2.75) is 76.3 Å². The molecule has 3 saturated carbocycles. The molecule has 0 bridgehead atoms. The minimum atomic E-state index is -0.463. The number of ketones is 1. The van der Waals surface area contributed by atoms with E-state index in [4.69, 9.17) is 0 Å². The van der Waals surface area contributed by atoms with Crippen LogP contribution in [0.5, 0.6) is 0 Å². The number of hydrogen-bond acceptors (Lipinski definition) is 3. The maximum Gasteiger partial charge on any atom is 0.224 e. The minimum Gasteiger partial charge on any atom is -0.353 e. The Labute approximate surface area is 131 Å². The lowest BCUT2D eigenvalue weighted by Gasteiger charge is -2.22. The largest absolute Gasteiger partial charge is 0.353 e. The highest BCUT2D eigenvalue weighted by Crippen LogP contribution is 2.31. The molecule has 3 aliphatic rings. The van der Waals surface area contributed by atoms with Gasteiger partial charge in [0.1, 0.15) is 5.78 Å². The molecule has 122 valence electrons. The zero-order valence-corrected chi connectivity index (χ0v) is 13.1. The molecular formula is C17H26N2O3. The van der Waals surface area contributed by atoms with E-state index in [-0.39, 0.29) is 42.5 Å². The number of hydrogen-bond donors (Lipinski definition) is 2. The monoisotopic (exact) mass is 306 g/mol. The molecule has 2 N–H and O–H groups in total. The molecule has 3 fully saturated rings. The Morgan fingerprint density at radius 1 is 0.727 bits per heavy atom. The van der Waals surface area contributed by atoms with E-state index in [1.165, 1.54) is 0 Å². The average molecular weight is 306 g/mol. The Hall–Kier alpha value is -1.39. The molecule has 5 heteroatoms. The Morgan fingerprint density at radius 2 is 1.09 bits per heavy atom. The molecule has 2 atom stereocenters. The van der Waals surface area contributed by atoms with Gasteiger partial charge in [-0.05, 0) is 25.7 Å².